The second-order valence-corrected chi connectivity index (χ2v) is 7.49. The fourth-order valence-electron chi connectivity index (χ4n) is 3.33. The maximum atomic E-state index is 12.9. The molecule has 4 rings (SSSR count). The van der Waals surface area contributed by atoms with Crippen molar-refractivity contribution in [1.82, 2.24) is 24.9 Å². The number of alkyl halides is 3. The number of anilines is 1. The number of carbonyl (C=O) groups excluding carboxylic acids is 2. The SMILES string of the molecule is COc1ncc(-c2ccc3nc(NC(C)=O)cn3n2)cc1C(=O)NCc1cccc(C(F)(F)F)c1. The number of hydrogen-bond donors (Lipinski definition) is 2. The second kappa shape index (κ2) is 9.41. The lowest BCUT2D eigenvalue weighted by Gasteiger charge is -2.12. The first-order chi connectivity index (χ1) is 16.6. The zero-order chi connectivity index (χ0) is 25.2. The molecule has 0 aliphatic carbocycles. The minimum atomic E-state index is -4.48. The summed E-state index contributed by atoms with van der Waals surface area (Å²) in [5, 5.41) is 9.61. The zero-order valence-electron chi connectivity index (χ0n) is 18.6. The van der Waals surface area contributed by atoms with E-state index in [1.54, 1.807) is 18.3 Å². The number of rotatable bonds is 6. The van der Waals surface area contributed by atoms with Crippen LogP contribution in [0.2, 0.25) is 0 Å². The summed E-state index contributed by atoms with van der Waals surface area (Å²) in [6.07, 6.45) is -1.46. The molecule has 0 bridgehead atoms. The standard InChI is InChI=1S/C23H19F3N6O3/c1-13(33)29-19-12-32-20(30-19)7-6-18(31-32)15-9-17(22(35-2)28-11-15)21(34)27-10-14-4-3-5-16(8-14)23(24,25)26/h3-9,11-12H,10H2,1-2H3,(H,27,34)(H,29,33). The van der Waals surface area contributed by atoms with Gasteiger partial charge in [-0.1, -0.05) is 12.1 Å². The van der Waals surface area contributed by atoms with Gasteiger partial charge in [-0.25, -0.2) is 14.5 Å². The summed E-state index contributed by atoms with van der Waals surface area (Å²) < 4.78 is 45.5. The van der Waals surface area contributed by atoms with Crippen LogP contribution in [0, 0.1) is 0 Å². The molecule has 12 heteroatoms. The molecule has 0 saturated heterocycles. The largest absolute Gasteiger partial charge is 0.480 e. The number of benzene rings is 1. The molecule has 0 fully saturated rings. The number of halogens is 3. The normalized spacial score (nSPS) is 11.3. The predicted octanol–water partition coefficient (Wildman–Crippen LogP) is 3.71. The Morgan fingerprint density at radius 1 is 1.14 bits per heavy atom. The average molecular weight is 484 g/mol. The fraction of sp³-hybridized carbons (Fsp3) is 0.174. The highest BCUT2D eigenvalue weighted by molar-refractivity contribution is 5.97. The summed E-state index contributed by atoms with van der Waals surface area (Å²) in [6.45, 7) is 1.24. The molecule has 35 heavy (non-hydrogen) atoms. The summed E-state index contributed by atoms with van der Waals surface area (Å²) in [5.74, 6) is -0.462. The van der Waals surface area contributed by atoms with E-state index in [1.807, 2.05) is 0 Å². The van der Waals surface area contributed by atoms with Crippen molar-refractivity contribution in [2.75, 3.05) is 12.4 Å². The molecule has 0 radical (unpaired) electrons. The Bertz CT molecular complexity index is 1420. The molecule has 3 heterocycles. The van der Waals surface area contributed by atoms with Crippen LogP contribution < -0.4 is 15.4 Å². The third-order valence-electron chi connectivity index (χ3n) is 4.92. The summed E-state index contributed by atoms with van der Waals surface area (Å²) in [7, 11) is 1.35. The van der Waals surface area contributed by atoms with Crippen LogP contribution in [0.25, 0.3) is 16.9 Å². The average Bonchev–Trinajstić information content (AvgIpc) is 3.22. The van der Waals surface area contributed by atoms with Crippen molar-refractivity contribution in [3.63, 3.8) is 0 Å². The van der Waals surface area contributed by atoms with Crippen molar-refractivity contribution < 1.29 is 27.5 Å². The molecule has 0 spiro atoms. The third kappa shape index (κ3) is 5.37. The van der Waals surface area contributed by atoms with Crippen molar-refractivity contribution in [2.45, 2.75) is 19.6 Å². The summed E-state index contributed by atoms with van der Waals surface area (Å²) in [5.41, 5.74) is 1.03. The molecular weight excluding hydrogens is 465 g/mol. The number of nitrogens with one attached hydrogen (secondary N) is 2. The van der Waals surface area contributed by atoms with E-state index in [2.05, 4.69) is 25.7 Å². The maximum absolute atomic E-state index is 12.9. The number of imidazole rings is 1. The molecule has 180 valence electrons. The topological polar surface area (TPSA) is 111 Å². The minimum absolute atomic E-state index is 0.0481. The van der Waals surface area contributed by atoms with Crippen molar-refractivity contribution in [2.24, 2.45) is 0 Å². The van der Waals surface area contributed by atoms with Gasteiger partial charge in [0.25, 0.3) is 5.91 Å². The summed E-state index contributed by atoms with van der Waals surface area (Å²) in [6, 6.07) is 9.59. The number of aromatic nitrogens is 4. The van der Waals surface area contributed by atoms with Gasteiger partial charge in [-0.3, -0.25) is 9.59 Å². The number of fused-ring (bicyclic) bond motifs is 1. The quantitative estimate of drug-likeness (QED) is 0.432. The van der Waals surface area contributed by atoms with Gasteiger partial charge >= 0.3 is 6.18 Å². The highest BCUT2D eigenvalue weighted by Gasteiger charge is 2.30. The molecule has 9 nitrogen and oxygen atoms in total. The van der Waals surface area contributed by atoms with Gasteiger partial charge < -0.3 is 15.4 Å². The van der Waals surface area contributed by atoms with Crippen molar-refractivity contribution in [1.29, 1.82) is 0 Å². The zero-order valence-corrected chi connectivity index (χ0v) is 18.6. The van der Waals surface area contributed by atoms with Gasteiger partial charge in [-0.2, -0.15) is 18.3 Å². The summed E-state index contributed by atoms with van der Waals surface area (Å²) in [4.78, 5) is 32.5. The monoisotopic (exact) mass is 484 g/mol. The van der Waals surface area contributed by atoms with Gasteiger partial charge in [0.1, 0.15) is 5.56 Å². The van der Waals surface area contributed by atoms with Gasteiger partial charge in [0.05, 0.1) is 24.6 Å². The van der Waals surface area contributed by atoms with E-state index in [0.29, 0.717) is 28.3 Å². The molecule has 0 aliphatic heterocycles. The number of carbonyl (C=O) groups is 2. The molecule has 2 amide bonds. The van der Waals surface area contributed by atoms with Crippen LogP contribution >= 0.6 is 0 Å². The van der Waals surface area contributed by atoms with Crippen LogP contribution in [0.15, 0.2) is 54.9 Å². The van der Waals surface area contributed by atoms with E-state index >= 15 is 0 Å². The van der Waals surface area contributed by atoms with Gasteiger partial charge in [0.2, 0.25) is 11.8 Å². The van der Waals surface area contributed by atoms with Crippen LogP contribution in [0.4, 0.5) is 19.0 Å². The Hall–Kier alpha value is -4.48. The number of ether oxygens (including phenoxy) is 1. The van der Waals surface area contributed by atoms with E-state index in [4.69, 9.17) is 4.74 Å². The molecule has 1 aromatic carbocycles. The Balaban J connectivity index is 1.58. The number of amides is 2. The lowest BCUT2D eigenvalue weighted by molar-refractivity contribution is -0.137. The Kier molecular flexibility index (Phi) is 6.36. The number of pyridine rings is 1. The van der Waals surface area contributed by atoms with Gasteiger partial charge in [-0.15, -0.1) is 0 Å². The molecular formula is C23H19F3N6O3. The van der Waals surface area contributed by atoms with Gasteiger partial charge in [-0.05, 0) is 35.9 Å². The van der Waals surface area contributed by atoms with Crippen molar-refractivity contribution >= 4 is 23.3 Å². The molecule has 0 saturated carbocycles. The van der Waals surface area contributed by atoms with E-state index in [-0.39, 0.29) is 23.9 Å². The van der Waals surface area contributed by atoms with Gasteiger partial charge in [0, 0.05) is 25.2 Å². The van der Waals surface area contributed by atoms with Crippen LogP contribution in [0.1, 0.15) is 28.4 Å². The number of nitrogens with zero attached hydrogens (tertiary/aromatic N) is 4. The first-order valence-corrected chi connectivity index (χ1v) is 10.3. The highest BCUT2D eigenvalue weighted by Crippen LogP contribution is 2.29. The first-order valence-electron chi connectivity index (χ1n) is 10.3. The molecule has 3 aromatic heterocycles. The summed E-state index contributed by atoms with van der Waals surface area (Å²) >= 11 is 0. The molecule has 0 unspecified atom stereocenters. The fourth-order valence-corrected chi connectivity index (χ4v) is 3.33. The van der Waals surface area contributed by atoms with Crippen molar-refractivity contribution in [3.05, 3.63) is 71.5 Å². The first kappa shape index (κ1) is 23.7. The molecule has 0 atom stereocenters. The van der Waals surface area contributed by atoms with E-state index in [9.17, 15) is 22.8 Å². The molecule has 4 aromatic rings. The lowest BCUT2D eigenvalue weighted by Crippen LogP contribution is -2.24. The Morgan fingerprint density at radius 3 is 2.66 bits per heavy atom. The van der Waals surface area contributed by atoms with Crippen LogP contribution in [0.5, 0.6) is 5.88 Å². The Morgan fingerprint density at radius 2 is 1.94 bits per heavy atom. The predicted molar refractivity (Wildman–Crippen MR) is 120 cm³/mol. The minimum Gasteiger partial charge on any atom is -0.480 e. The number of methoxy groups -OCH3 is 1. The highest BCUT2D eigenvalue weighted by atomic mass is 19.4. The lowest BCUT2D eigenvalue weighted by atomic mass is 10.1. The number of hydrogen-bond acceptors (Lipinski definition) is 6. The van der Waals surface area contributed by atoms with E-state index in [1.165, 1.54) is 42.9 Å². The van der Waals surface area contributed by atoms with E-state index < -0.39 is 17.6 Å². The third-order valence-corrected chi connectivity index (χ3v) is 4.92. The Labute approximate surface area is 197 Å². The van der Waals surface area contributed by atoms with Crippen LogP contribution in [-0.2, 0) is 17.5 Å². The van der Waals surface area contributed by atoms with E-state index in [0.717, 1.165) is 12.1 Å². The van der Waals surface area contributed by atoms with Gasteiger partial charge in [0.15, 0.2) is 11.5 Å². The van der Waals surface area contributed by atoms with Crippen molar-refractivity contribution in [3.8, 4) is 17.1 Å². The molecule has 0 aliphatic rings. The van der Waals surface area contributed by atoms with Crippen LogP contribution in [0.3, 0.4) is 0 Å². The smallest absolute Gasteiger partial charge is 0.416 e. The molecule has 2 N–H and O–H groups in total. The maximum Gasteiger partial charge on any atom is 0.416 e. The second-order valence-electron chi connectivity index (χ2n) is 7.49. The van der Waals surface area contributed by atoms with Crippen LogP contribution in [-0.4, -0.2) is 38.5 Å².